The maximum absolute atomic E-state index is 5.79. The average Bonchev–Trinajstić information content (AvgIpc) is 2.14. The van der Waals surface area contributed by atoms with E-state index in [4.69, 9.17) is 5.73 Å². The topological polar surface area (TPSA) is 29.3 Å². The summed E-state index contributed by atoms with van der Waals surface area (Å²) >= 11 is 0. The summed E-state index contributed by atoms with van der Waals surface area (Å²) in [6.45, 7) is 15.6. The molecule has 90 valence electrons. The molecule has 2 nitrogen and oxygen atoms in total. The molecule has 1 unspecified atom stereocenters. The average molecular weight is 212 g/mol. The maximum atomic E-state index is 5.79. The molecule has 0 spiro atoms. The van der Waals surface area contributed by atoms with Gasteiger partial charge in [-0.3, -0.25) is 4.90 Å². The molecule has 0 aromatic heterocycles. The normalized spacial score (nSPS) is 14.3. The summed E-state index contributed by atoms with van der Waals surface area (Å²) in [5.74, 6) is 0.620. The predicted molar refractivity (Wildman–Crippen MR) is 69.0 cm³/mol. The van der Waals surface area contributed by atoms with Crippen molar-refractivity contribution in [3.8, 4) is 0 Å². The van der Waals surface area contributed by atoms with Crippen LogP contribution in [0.25, 0.3) is 0 Å². The van der Waals surface area contributed by atoms with E-state index in [1.165, 1.54) is 12.8 Å². The molecule has 0 radical (unpaired) electrons. The standard InChI is InChI=1S/C13H28N2/c1-6-8-12(10-14)11-15(9-7-2)13(3,4)5/h7,12H,2,6,8-11,14H2,1,3-5H3. The summed E-state index contributed by atoms with van der Waals surface area (Å²) in [5, 5.41) is 0. The Kier molecular flexibility index (Phi) is 6.86. The third-order valence-corrected chi connectivity index (χ3v) is 2.81. The fourth-order valence-corrected chi connectivity index (χ4v) is 1.78. The summed E-state index contributed by atoms with van der Waals surface area (Å²) in [6.07, 6.45) is 4.42. The van der Waals surface area contributed by atoms with Crippen molar-refractivity contribution in [3.63, 3.8) is 0 Å². The van der Waals surface area contributed by atoms with E-state index in [9.17, 15) is 0 Å². The maximum Gasteiger partial charge on any atom is 0.0165 e. The lowest BCUT2D eigenvalue weighted by atomic mass is 9.99. The van der Waals surface area contributed by atoms with E-state index < -0.39 is 0 Å². The molecule has 0 aromatic carbocycles. The molecule has 0 aromatic rings. The number of hydrogen-bond donors (Lipinski definition) is 1. The minimum Gasteiger partial charge on any atom is -0.330 e. The first-order valence-electron chi connectivity index (χ1n) is 6.01. The second kappa shape index (κ2) is 7.02. The number of hydrogen-bond acceptors (Lipinski definition) is 2. The van der Waals surface area contributed by atoms with Gasteiger partial charge in [-0.1, -0.05) is 19.4 Å². The molecule has 0 rings (SSSR count). The summed E-state index contributed by atoms with van der Waals surface area (Å²) in [6, 6.07) is 0. The Morgan fingerprint density at radius 2 is 2.00 bits per heavy atom. The molecule has 0 aliphatic rings. The number of nitrogens with two attached hydrogens (primary N) is 1. The van der Waals surface area contributed by atoms with Crippen molar-refractivity contribution in [2.24, 2.45) is 11.7 Å². The van der Waals surface area contributed by atoms with E-state index in [2.05, 4.69) is 39.2 Å². The van der Waals surface area contributed by atoms with Crippen molar-refractivity contribution >= 4 is 0 Å². The second-order valence-electron chi connectivity index (χ2n) is 5.25. The van der Waals surface area contributed by atoms with Gasteiger partial charge in [-0.05, 0) is 39.7 Å². The van der Waals surface area contributed by atoms with Crippen LogP contribution in [0.2, 0.25) is 0 Å². The lowest BCUT2D eigenvalue weighted by Gasteiger charge is -2.37. The van der Waals surface area contributed by atoms with Crippen LogP contribution in [0, 0.1) is 5.92 Å². The van der Waals surface area contributed by atoms with E-state index in [0.29, 0.717) is 5.92 Å². The van der Waals surface area contributed by atoms with Crippen molar-refractivity contribution in [1.29, 1.82) is 0 Å². The fourth-order valence-electron chi connectivity index (χ4n) is 1.78. The Hall–Kier alpha value is -0.340. The van der Waals surface area contributed by atoms with E-state index in [1.807, 2.05) is 6.08 Å². The van der Waals surface area contributed by atoms with Crippen LogP contribution in [0.3, 0.4) is 0 Å². The van der Waals surface area contributed by atoms with E-state index in [1.54, 1.807) is 0 Å². The van der Waals surface area contributed by atoms with Gasteiger partial charge in [0.2, 0.25) is 0 Å². The smallest absolute Gasteiger partial charge is 0.0165 e. The van der Waals surface area contributed by atoms with Gasteiger partial charge in [0.15, 0.2) is 0 Å². The Bertz CT molecular complexity index is 170. The van der Waals surface area contributed by atoms with E-state index >= 15 is 0 Å². The van der Waals surface area contributed by atoms with Crippen LogP contribution in [-0.4, -0.2) is 30.1 Å². The van der Waals surface area contributed by atoms with Gasteiger partial charge in [-0.15, -0.1) is 6.58 Å². The summed E-state index contributed by atoms with van der Waals surface area (Å²) in [7, 11) is 0. The van der Waals surface area contributed by atoms with Crippen LogP contribution >= 0.6 is 0 Å². The summed E-state index contributed by atoms with van der Waals surface area (Å²) in [5.41, 5.74) is 6.00. The van der Waals surface area contributed by atoms with Gasteiger partial charge in [0.05, 0.1) is 0 Å². The molecule has 0 saturated carbocycles. The van der Waals surface area contributed by atoms with E-state index in [0.717, 1.165) is 19.6 Å². The molecule has 0 aliphatic carbocycles. The van der Waals surface area contributed by atoms with Crippen molar-refractivity contribution in [3.05, 3.63) is 12.7 Å². The third-order valence-electron chi connectivity index (χ3n) is 2.81. The van der Waals surface area contributed by atoms with Crippen molar-refractivity contribution < 1.29 is 0 Å². The fraction of sp³-hybridized carbons (Fsp3) is 0.846. The van der Waals surface area contributed by atoms with Crippen LogP contribution < -0.4 is 5.73 Å². The molecule has 0 bridgehead atoms. The van der Waals surface area contributed by atoms with Gasteiger partial charge in [0, 0.05) is 18.6 Å². The van der Waals surface area contributed by atoms with Crippen LogP contribution in [0.1, 0.15) is 40.5 Å². The molecule has 0 aliphatic heterocycles. The molecule has 0 saturated heterocycles. The Morgan fingerprint density at radius 1 is 1.40 bits per heavy atom. The molecule has 0 fully saturated rings. The Morgan fingerprint density at radius 3 is 2.33 bits per heavy atom. The van der Waals surface area contributed by atoms with Crippen LogP contribution in [-0.2, 0) is 0 Å². The van der Waals surface area contributed by atoms with Gasteiger partial charge >= 0.3 is 0 Å². The lowest BCUT2D eigenvalue weighted by molar-refractivity contribution is 0.127. The highest BCUT2D eigenvalue weighted by Gasteiger charge is 2.22. The van der Waals surface area contributed by atoms with Gasteiger partial charge in [0.1, 0.15) is 0 Å². The lowest BCUT2D eigenvalue weighted by Crippen LogP contribution is -2.45. The van der Waals surface area contributed by atoms with Crippen molar-refractivity contribution in [2.45, 2.75) is 46.1 Å². The number of nitrogens with zero attached hydrogens (tertiary/aromatic N) is 1. The zero-order valence-electron chi connectivity index (χ0n) is 10.9. The quantitative estimate of drug-likeness (QED) is 0.657. The number of rotatable bonds is 7. The molecular weight excluding hydrogens is 184 g/mol. The Balaban J connectivity index is 4.31. The zero-order valence-corrected chi connectivity index (χ0v) is 10.9. The molecule has 2 heteroatoms. The molecular formula is C13H28N2. The zero-order chi connectivity index (χ0) is 11.9. The molecule has 1 atom stereocenters. The molecule has 0 heterocycles. The highest BCUT2D eigenvalue weighted by molar-refractivity contribution is 4.84. The molecule has 0 amide bonds. The minimum absolute atomic E-state index is 0.204. The van der Waals surface area contributed by atoms with Gasteiger partial charge in [-0.25, -0.2) is 0 Å². The monoisotopic (exact) mass is 212 g/mol. The molecule has 15 heavy (non-hydrogen) atoms. The largest absolute Gasteiger partial charge is 0.330 e. The first-order valence-corrected chi connectivity index (χ1v) is 6.01. The van der Waals surface area contributed by atoms with Gasteiger partial charge in [0.25, 0.3) is 0 Å². The van der Waals surface area contributed by atoms with Crippen LogP contribution in [0.5, 0.6) is 0 Å². The summed E-state index contributed by atoms with van der Waals surface area (Å²) in [4.78, 5) is 2.45. The summed E-state index contributed by atoms with van der Waals surface area (Å²) < 4.78 is 0. The van der Waals surface area contributed by atoms with E-state index in [-0.39, 0.29) is 5.54 Å². The van der Waals surface area contributed by atoms with Crippen molar-refractivity contribution in [1.82, 2.24) is 4.90 Å². The second-order valence-corrected chi connectivity index (χ2v) is 5.25. The van der Waals surface area contributed by atoms with Gasteiger partial charge < -0.3 is 5.73 Å². The Labute approximate surface area is 95.5 Å². The minimum atomic E-state index is 0.204. The first kappa shape index (κ1) is 14.7. The van der Waals surface area contributed by atoms with Crippen LogP contribution in [0.4, 0.5) is 0 Å². The first-order chi connectivity index (χ1) is 6.95. The SMILES string of the molecule is C=CCN(CC(CN)CCC)C(C)(C)C. The third kappa shape index (κ3) is 5.95. The van der Waals surface area contributed by atoms with Gasteiger partial charge in [-0.2, -0.15) is 0 Å². The highest BCUT2D eigenvalue weighted by atomic mass is 15.2. The highest BCUT2D eigenvalue weighted by Crippen LogP contribution is 2.17. The van der Waals surface area contributed by atoms with Crippen molar-refractivity contribution in [2.75, 3.05) is 19.6 Å². The predicted octanol–water partition coefficient (Wildman–Crippen LogP) is 2.65. The van der Waals surface area contributed by atoms with Crippen LogP contribution in [0.15, 0.2) is 12.7 Å². The molecule has 2 N–H and O–H groups in total.